The number of rotatable bonds is 7. The number of fused-ring (bicyclic) bond motifs is 4. The Bertz CT molecular complexity index is 2620. The van der Waals surface area contributed by atoms with Gasteiger partial charge in [-0.15, -0.1) is 0 Å². The van der Waals surface area contributed by atoms with Crippen LogP contribution < -0.4 is 9.80 Å². The van der Waals surface area contributed by atoms with Crippen LogP contribution in [0.25, 0.3) is 54.2 Å². The summed E-state index contributed by atoms with van der Waals surface area (Å²) in [7, 11) is 0. The van der Waals surface area contributed by atoms with Crippen molar-refractivity contribution in [2.75, 3.05) is 9.80 Å². The van der Waals surface area contributed by atoms with Crippen LogP contribution in [0.3, 0.4) is 0 Å². The van der Waals surface area contributed by atoms with Gasteiger partial charge in [0.25, 0.3) is 0 Å². The van der Waals surface area contributed by atoms with E-state index in [9.17, 15) is 0 Å². The van der Waals surface area contributed by atoms with E-state index >= 15 is 0 Å². The summed E-state index contributed by atoms with van der Waals surface area (Å²) in [6, 6.07) is 79.2. The highest BCUT2D eigenvalue weighted by Crippen LogP contribution is 2.42. The molecule has 10 aromatic carbocycles. The molecule has 254 valence electrons. The summed E-state index contributed by atoms with van der Waals surface area (Å²) in [6.07, 6.45) is 0. The Balaban J connectivity index is 1.10. The molecule has 0 aliphatic heterocycles. The molecule has 0 spiro atoms. The quantitative estimate of drug-likeness (QED) is 0.164. The number of hydrogen-bond donors (Lipinski definition) is 0. The monoisotopic (exact) mass is 688 g/mol. The van der Waals surface area contributed by atoms with Crippen molar-refractivity contribution in [1.29, 1.82) is 0 Å². The van der Waals surface area contributed by atoms with Gasteiger partial charge in [0.15, 0.2) is 0 Å². The summed E-state index contributed by atoms with van der Waals surface area (Å²) in [6.45, 7) is 0. The van der Waals surface area contributed by atoms with Crippen molar-refractivity contribution < 1.29 is 0 Å². The van der Waals surface area contributed by atoms with Crippen LogP contribution in [0.4, 0.5) is 34.1 Å². The van der Waals surface area contributed by atoms with E-state index < -0.39 is 0 Å². The maximum Gasteiger partial charge on any atom is 0.0468 e. The Labute approximate surface area is 315 Å². The Morgan fingerprint density at radius 2 is 0.444 bits per heavy atom. The van der Waals surface area contributed by atoms with Gasteiger partial charge < -0.3 is 9.80 Å². The molecule has 10 rings (SSSR count). The fraction of sp³-hybridized carbons (Fsp3) is 0. The number of nitrogens with zero attached hydrogens (tertiary/aromatic N) is 2. The molecule has 2 nitrogen and oxygen atoms in total. The van der Waals surface area contributed by atoms with Crippen LogP contribution in [0, 0.1) is 0 Å². The fourth-order valence-electron chi connectivity index (χ4n) is 7.81. The molecule has 0 radical (unpaired) electrons. The molecule has 0 aliphatic rings. The highest BCUT2D eigenvalue weighted by molar-refractivity contribution is 5.95. The molecule has 0 fully saturated rings. The van der Waals surface area contributed by atoms with Gasteiger partial charge in [0.2, 0.25) is 0 Å². The SMILES string of the molecule is c1cc(-c2cccc(N(c3ccc4ccccc4c3)c3ccc4ccccc4c3)c2)cc(N(c2ccc3ccccc3c2)c2ccc3ccccc3c2)c1. The van der Waals surface area contributed by atoms with E-state index in [4.69, 9.17) is 0 Å². The van der Waals surface area contributed by atoms with E-state index in [0.29, 0.717) is 0 Å². The van der Waals surface area contributed by atoms with Crippen LogP contribution in [0.1, 0.15) is 0 Å². The lowest BCUT2D eigenvalue weighted by atomic mass is 10.0. The molecule has 0 atom stereocenters. The van der Waals surface area contributed by atoms with Gasteiger partial charge in [-0.2, -0.15) is 0 Å². The molecule has 0 bridgehead atoms. The summed E-state index contributed by atoms with van der Waals surface area (Å²) in [5, 5.41) is 9.78. The summed E-state index contributed by atoms with van der Waals surface area (Å²) in [5.74, 6) is 0. The summed E-state index contributed by atoms with van der Waals surface area (Å²) < 4.78 is 0. The Morgan fingerprint density at radius 1 is 0.185 bits per heavy atom. The minimum atomic E-state index is 1.10. The van der Waals surface area contributed by atoms with Crippen molar-refractivity contribution in [3.05, 3.63) is 218 Å². The van der Waals surface area contributed by atoms with E-state index in [0.717, 1.165) is 45.3 Å². The molecule has 2 heteroatoms. The van der Waals surface area contributed by atoms with Crippen molar-refractivity contribution >= 4 is 77.2 Å². The Morgan fingerprint density at radius 3 is 0.741 bits per heavy atom. The molecule has 0 aromatic heterocycles. The lowest BCUT2D eigenvalue weighted by molar-refractivity contribution is 1.29. The first kappa shape index (κ1) is 31.6. The summed E-state index contributed by atoms with van der Waals surface area (Å²) in [5.41, 5.74) is 8.98. The average Bonchev–Trinajstić information content (AvgIpc) is 3.24. The van der Waals surface area contributed by atoms with Gasteiger partial charge >= 0.3 is 0 Å². The summed E-state index contributed by atoms with van der Waals surface area (Å²) in [4.78, 5) is 4.76. The molecule has 0 N–H and O–H groups in total. The van der Waals surface area contributed by atoms with Gasteiger partial charge in [0, 0.05) is 34.1 Å². The molecule has 0 aliphatic carbocycles. The van der Waals surface area contributed by atoms with E-state index in [1.165, 1.54) is 43.1 Å². The normalized spacial score (nSPS) is 11.3. The van der Waals surface area contributed by atoms with E-state index in [1.54, 1.807) is 0 Å². The third-order valence-corrected chi connectivity index (χ3v) is 10.5. The minimum Gasteiger partial charge on any atom is -0.310 e. The third kappa shape index (κ3) is 5.90. The zero-order chi connectivity index (χ0) is 35.8. The third-order valence-electron chi connectivity index (χ3n) is 10.5. The van der Waals surface area contributed by atoms with Crippen molar-refractivity contribution in [2.24, 2.45) is 0 Å². The highest BCUT2D eigenvalue weighted by Gasteiger charge is 2.17. The Hall–Kier alpha value is -7.16. The smallest absolute Gasteiger partial charge is 0.0468 e. The van der Waals surface area contributed by atoms with E-state index in [1.807, 2.05) is 0 Å². The lowest BCUT2D eigenvalue weighted by Gasteiger charge is -2.27. The van der Waals surface area contributed by atoms with Crippen LogP contribution in [-0.2, 0) is 0 Å². The number of hydrogen-bond acceptors (Lipinski definition) is 2. The van der Waals surface area contributed by atoms with Gasteiger partial charge in [-0.25, -0.2) is 0 Å². The molecule has 0 unspecified atom stereocenters. The lowest BCUT2D eigenvalue weighted by Crippen LogP contribution is -2.10. The highest BCUT2D eigenvalue weighted by atomic mass is 15.1. The standard InChI is InChI=1S/C52H36N2/c1-5-15-41-31-49(27-23-37(41)11-1)53(50-28-24-38-12-2-6-16-42(38)32-50)47-21-9-19-45(35-47)46-20-10-22-48(36-46)54(51-29-25-39-13-3-7-17-43(39)33-51)52-30-26-40-14-4-8-18-44(40)34-52/h1-36H. The van der Waals surface area contributed by atoms with Gasteiger partial charge in [0.1, 0.15) is 0 Å². The van der Waals surface area contributed by atoms with E-state index in [-0.39, 0.29) is 0 Å². The fourth-order valence-corrected chi connectivity index (χ4v) is 7.81. The molecular weight excluding hydrogens is 653 g/mol. The second-order valence-corrected chi connectivity index (χ2v) is 13.9. The van der Waals surface area contributed by atoms with Crippen molar-refractivity contribution in [3.63, 3.8) is 0 Å². The van der Waals surface area contributed by atoms with E-state index in [2.05, 4.69) is 228 Å². The molecule has 0 saturated heterocycles. The first-order valence-corrected chi connectivity index (χ1v) is 18.5. The molecule has 54 heavy (non-hydrogen) atoms. The predicted molar refractivity (Wildman–Crippen MR) is 231 cm³/mol. The maximum absolute atomic E-state index is 2.38. The maximum atomic E-state index is 2.38. The zero-order valence-corrected chi connectivity index (χ0v) is 29.7. The number of anilines is 6. The van der Waals surface area contributed by atoms with Gasteiger partial charge in [-0.1, -0.05) is 146 Å². The molecular formula is C52H36N2. The van der Waals surface area contributed by atoms with Crippen molar-refractivity contribution in [1.82, 2.24) is 0 Å². The minimum absolute atomic E-state index is 1.10. The summed E-state index contributed by atoms with van der Waals surface area (Å²) >= 11 is 0. The Kier molecular flexibility index (Phi) is 7.85. The molecule has 10 aromatic rings. The van der Waals surface area contributed by atoms with Crippen LogP contribution in [-0.4, -0.2) is 0 Å². The molecule has 0 amide bonds. The van der Waals surface area contributed by atoms with Crippen LogP contribution >= 0.6 is 0 Å². The van der Waals surface area contributed by atoms with Crippen LogP contribution in [0.5, 0.6) is 0 Å². The predicted octanol–water partition coefficient (Wildman–Crippen LogP) is 14.9. The van der Waals surface area contributed by atoms with Gasteiger partial charge in [-0.05, 0) is 127 Å². The van der Waals surface area contributed by atoms with Crippen LogP contribution in [0.2, 0.25) is 0 Å². The van der Waals surface area contributed by atoms with Crippen molar-refractivity contribution in [3.8, 4) is 11.1 Å². The number of benzene rings is 10. The van der Waals surface area contributed by atoms with Crippen molar-refractivity contribution in [2.45, 2.75) is 0 Å². The zero-order valence-electron chi connectivity index (χ0n) is 29.7. The average molecular weight is 689 g/mol. The van der Waals surface area contributed by atoms with Gasteiger partial charge in [0.05, 0.1) is 0 Å². The molecule has 0 saturated carbocycles. The first-order valence-electron chi connectivity index (χ1n) is 18.5. The first-order chi connectivity index (χ1) is 26.7. The second kappa shape index (κ2) is 13.4. The molecule has 0 heterocycles. The van der Waals surface area contributed by atoms with Crippen LogP contribution in [0.15, 0.2) is 218 Å². The second-order valence-electron chi connectivity index (χ2n) is 13.9. The van der Waals surface area contributed by atoms with Gasteiger partial charge in [-0.3, -0.25) is 0 Å². The topological polar surface area (TPSA) is 6.48 Å². The largest absolute Gasteiger partial charge is 0.310 e.